The molecule has 80 valence electrons. The minimum atomic E-state index is -0.525. The molecule has 0 saturated heterocycles. The monoisotopic (exact) mass is 207 g/mol. The normalized spacial score (nSPS) is 14.7. The maximum atomic E-state index is 11.3. The lowest BCUT2D eigenvalue weighted by molar-refractivity contribution is 0.0996. The number of hydrogen-bond acceptors (Lipinski definition) is 4. The zero-order chi connectivity index (χ0) is 10.8. The molecule has 5 heteroatoms. The largest absolute Gasteiger partial charge is 0.489 e. The Hall–Kier alpha value is -1.78. The van der Waals surface area contributed by atoms with Crippen LogP contribution in [-0.2, 0) is 0 Å². The van der Waals surface area contributed by atoms with Gasteiger partial charge in [-0.2, -0.15) is 0 Å². The van der Waals surface area contributed by atoms with Crippen LogP contribution in [-0.4, -0.2) is 24.0 Å². The Balaban J connectivity index is 2.37. The molecule has 1 aliphatic carbocycles. The first-order chi connectivity index (χ1) is 7.22. The van der Waals surface area contributed by atoms with Gasteiger partial charge in [0.2, 0.25) is 0 Å². The maximum absolute atomic E-state index is 11.3. The van der Waals surface area contributed by atoms with Crippen molar-refractivity contribution in [3.05, 3.63) is 17.8 Å². The number of carbonyl (C=O) groups excluding carboxylic acids is 1. The van der Waals surface area contributed by atoms with Gasteiger partial charge < -0.3 is 15.8 Å². The van der Waals surface area contributed by atoms with Crippen LogP contribution in [0.15, 0.2) is 12.3 Å². The number of pyridine rings is 1. The summed E-state index contributed by atoms with van der Waals surface area (Å²) in [6.07, 6.45) is 3.90. The number of nitrogens with one attached hydrogen (secondary N) is 1. The highest BCUT2D eigenvalue weighted by molar-refractivity contribution is 6.00. The summed E-state index contributed by atoms with van der Waals surface area (Å²) in [5, 5.41) is 2.82. The first-order valence-electron chi connectivity index (χ1n) is 4.85. The summed E-state index contributed by atoms with van der Waals surface area (Å²) in [6, 6.07) is 1.67. The van der Waals surface area contributed by atoms with Gasteiger partial charge in [-0.05, 0) is 18.9 Å². The van der Waals surface area contributed by atoms with E-state index in [1.807, 2.05) is 0 Å². The van der Waals surface area contributed by atoms with Gasteiger partial charge in [0.25, 0.3) is 5.91 Å². The van der Waals surface area contributed by atoms with Crippen molar-refractivity contribution in [3.8, 4) is 5.75 Å². The summed E-state index contributed by atoms with van der Waals surface area (Å²) in [6.45, 7) is 0. The van der Waals surface area contributed by atoms with Crippen LogP contribution in [0, 0.1) is 0 Å². The molecule has 0 radical (unpaired) electrons. The molecule has 0 aromatic carbocycles. The second-order valence-electron chi connectivity index (χ2n) is 3.46. The lowest BCUT2D eigenvalue weighted by Gasteiger charge is -2.11. The van der Waals surface area contributed by atoms with E-state index in [0.29, 0.717) is 17.1 Å². The third-order valence-corrected chi connectivity index (χ3v) is 2.21. The van der Waals surface area contributed by atoms with E-state index in [-0.39, 0.29) is 6.10 Å². The summed E-state index contributed by atoms with van der Waals surface area (Å²) in [4.78, 5) is 15.3. The Morgan fingerprint density at radius 2 is 2.40 bits per heavy atom. The first-order valence-corrected chi connectivity index (χ1v) is 4.85. The average Bonchev–Trinajstić information content (AvgIpc) is 3.01. The van der Waals surface area contributed by atoms with Crippen LogP contribution in [0.1, 0.15) is 23.2 Å². The van der Waals surface area contributed by atoms with E-state index in [4.69, 9.17) is 10.5 Å². The number of ether oxygens (including phenoxy) is 1. The van der Waals surface area contributed by atoms with E-state index >= 15 is 0 Å². The van der Waals surface area contributed by atoms with E-state index in [1.54, 1.807) is 19.3 Å². The van der Waals surface area contributed by atoms with Gasteiger partial charge in [0.1, 0.15) is 17.1 Å². The maximum Gasteiger partial charge on any atom is 0.256 e. The molecule has 1 aromatic heterocycles. The molecule has 0 unspecified atom stereocenters. The van der Waals surface area contributed by atoms with Crippen LogP contribution in [0.3, 0.4) is 0 Å². The fourth-order valence-electron chi connectivity index (χ4n) is 1.34. The van der Waals surface area contributed by atoms with Crippen LogP contribution >= 0.6 is 0 Å². The molecule has 3 N–H and O–H groups in total. The average molecular weight is 207 g/mol. The molecular formula is C10H13N3O2. The van der Waals surface area contributed by atoms with E-state index in [1.165, 1.54) is 0 Å². The Kier molecular flexibility index (Phi) is 2.45. The Morgan fingerprint density at radius 1 is 1.67 bits per heavy atom. The van der Waals surface area contributed by atoms with E-state index in [0.717, 1.165) is 12.8 Å². The van der Waals surface area contributed by atoms with Gasteiger partial charge in [0.15, 0.2) is 0 Å². The van der Waals surface area contributed by atoms with Crippen molar-refractivity contribution in [2.75, 3.05) is 12.4 Å². The van der Waals surface area contributed by atoms with Crippen LogP contribution in [0.5, 0.6) is 5.75 Å². The SMILES string of the molecule is CNc1nccc(OC2CC2)c1C(N)=O. The number of primary amides is 1. The predicted molar refractivity (Wildman–Crippen MR) is 56.0 cm³/mol. The van der Waals surface area contributed by atoms with Crippen LogP contribution in [0.2, 0.25) is 0 Å². The summed E-state index contributed by atoms with van der Waals surface area (Å²) < 4.78 is 5.58. The number of amides is 1. The van der Waals surface area contributed by atoms with Crippen molar-refractivity contribution in [1.82, 2.24) is 4.98 Å². The Morgan fingerprint density at radius 3 is 2.93 bits per heavy atom. The first kappa shape index (κ1) is 9.76. The van der Waals surface area contributed by atoms with E-state index < -0.39 is 5.91 Å². The van der Waals surface area contributed by atoms with Crippen LogP contribution in [0.4, 0.5) is 5.82 Å². The standard InChI is InChI=1S/C10H13N3O2/c1-12-10-8(9(11)14)7(4-5-13-10)15-6-2-3-6/h4-6H,2-3H2,1H3,(H2,11,14)(H,12,13). The van der Waals surface area contributed by atoms with Crippen LogP contribution < -0.4 is 15.8 Å². The van der Waals surface area contributed by atoms with Gasteiger partial charge >= 0.3 is 0 Å². The topological polar surface area (TPSA) is 77.2 Å². The van der Waals surface area contributed by atoms with E-state index in [2.05, 4.69) is 10.3 Å². The van der Waals surface area contributed by atoms with Crippen molar-refractivity contribution in [1.29, 1.82) is 0 Å². The van der Waals surface area contributed by atoms with Gasteiger partial charge in [-0.3, -0.25) is 4.79 Å². The molecule has 2 rings (SSSR count). The quantitative estimate of drug-likeness (QED) is 0.764. The number of nitrogens with zero attached hydrogens (tertiary/aromatic N) is 1. The summed E-state index contributed by atoms with van der Waals surface area (Å²) in [5.74, 6) is 0.452. The molecule has 0 atom stereocenters. The predicted octanol–water partition coefficient (Wildman–Crippen LogP) is 0.763. The van der Waals surface area contributed by atoms with Crippen molar-refractivity contribution < 1.29 is 9.53 Å². The molecule has 15 heavy (non-hydrogen) atoms. The molecule has 0 bridgehead atoms. The molecule has 1 heterocycles. The number of hydrogen-bond donors (Lipinski definition) is 2. The highest BCUT2D eigenvalue weighted by Gasteiger charge is 2.26. The molecule has 0 aliphatic heterocycles. The second-order valence-corrected chi connectivity index (χ2v) is 3.46. The molecule has 1 amide bonds. The van der Waals surface area contributed by atoms with Gasteiger partial charge in [0.05, 0.1) is 6.10 Å². The van der Waals surface area contributed by atoms with Gasteiger partial charge in [-0.25, -0.2) is 4.98 Å². The van der Waals surface area contributed by atoms with Gasteiger partial charge in [-0.1, -0.05) is 0 Å². The highest BCUT2D eigenvalue weighted by atomic mass is 16.5. The number of anilines is 1. The molecule has 1 aromatic rings. The van der Waals surface area contributed by atoms with Crippen molar-refractivity contribution in [3.63, 3.8) is 0 Å². The second kappa shape index (κ2) is 3.76. The Labute approximate surface area is 87.6 Å². The minimum absolute atomic E-state index is 0.232. The van der Waals surface area contributed by atoms with Crippen LogP contribution in [0.25, 0.3) is 0 Å². The van der Waals surface area contributed by atoms with Crippen molar-refractivity contribution in [2.24, 2.45) is 5.73 Å². The fourth-order valence-corrected chi connectivity index (χ4v) is 1.34. The zero-order valence-corrected chi connectivity index (χ0v) is 8.49. The molecular weight excluding hydrogens is 194 g/mol. The van der Waals surface area contributed by atoms with Crippen molar-refractivity contribution >= 4 is 11.7 Å². The minimum Gasteiger partial charge on any atom is -0.489 e. The third-order valence-electron chi connectivity index (χ3n) is 2.21. The summed E-state index contributed by atoms with van der Waals surface area (Å²) in [7, 11) is 1.69. The number of nitrogens with two attached hydrogens (primary N) is 1. The molecule has 5 nitrogen and oxygen atoms in total. The Bertz CT molecular complexity index is 388. The lowest BCUT2D eigenvalue weighted by Crippen LogP contribution is -2.16. The third kappa shape index (κ3) is 2.01. The lowest BCUT2D eigenvalue weighted by atomic mass is 10.2. The molecule has 1 saturated carbocycles. The van der Waals surface area contributed by atoms with Crippen molar-refractivity contribution in [2.45, 2.75) is 18.9 Å². The highest BCUT2D eigenvalue weighted by Crippen LogP contribution is 2.31. The summed E-state index contributed by atoms with van der Waals surface area (Å²) >= 11 is 0. The zero-order valence-electron chi connectivity index (χ0n) is 8.49. The van der Waals surface area contributed by atoms with E-state index in [9.17, 15) is 4.79 Å². The number of carbonyl (C=O) groups is 1. The molecule has 0 spiro atoms. The smallest absolute Gasteiger partial charge is 0.256 e. The number of aromatic nitrogens is 1. The molecule has 1 fully saturated rings. The fraction of sp³-hybridized carbons (Fsp3) is 0.400. The summed E-state index contributed by atoms with van der Waals surface area (Å²) in [5.41, 5.74) is 5.61. The van der Waals surface area contributed by atoms with Gasteiger partial charge in [0, 0.05) is 13.2 Å². The number of rotatable bonds is 4. The molecule has 1 aliphatic rings. The van der Waals surface area contributed by atoms with Gasteiger partial charge in [-0.15, -0.1) is 0 Å².